The van der Waals surface area contributed by atoms with E-state index in [2.05, 4.69) is 4.98 Å². The second-order valence-electron chi connectivity index (χ2n) is 3.88. The maximum absolute atomic E-state index is 12.7. The molecule has 88 valence electrons. The minimum atomic E-state index is -0.370. The van der Waals surface area contributed by atoms with Crippen LogP contribution in [0, 0.1) is 5.82 Å². The first-order valence-corrected chi connectivity index (χ1v) is 5.30. The van der Waals surface area contributed by atoms with Gasteiger partial charge in [-0.1, -0.05) is 12.1 Å². The Hall–Kier alpha value is -1.94. The molecule has 1 aromatic carbocycles. The molecule has 0 aliphatic heterocycles. The highest BCUT2D eigenvalue weighted by Gasteiger charge is 2.08. The van der Waals surface area contributed by atoms with Crippen molar-refractivity contribution in [2.24, 2.45) is 5.73 Å². The lowest BCUT2D eigenvalue weighted by Gasteiger charge is -2.11. The Kier molecular flexibility index (Phi) is 3.35. The van der Waals surface area contributed by atoms with E-state index in [9.17, 15) is 4.39 Å². The molecule has 0 aliphatic carbocycles. The van der Waals surface area contributed by atoms with Gasteiger partial charge < -0.3 is 10.8 Å². The van der Waals surface area contributed by atoms with Crippen LogP contribution < -0.4 is 5.73 Å². The number of hydrogen-bond acceptors (Lipinski definition) is 3. The van der Waals surface area contributed by atoms with Gasteiger partial charge in [0.2, 0.25) is 0 Å². The molecule has 0 spiro atoms. The minimum absolute atomic E-state index is 0.224. The fourth-order valence-electron chi connectivity index (χ4n) is 1.60. The number of phenolic OH excluding ortho intramolecular Hbond substituents is 1. The van der Waals surface area contributed by atoms with E-state index in [4.69, 9.17) is 10.8 Å². The Morgan fingerprint density at radius 2 is 1.88 bits per heavy atom. The first-order valence-electron chi connectivity index (χ1n) is 5.30. The highest BCUT2D eigenvalue weighted by atomic mass is 19.1. The Morgan fingerprint density at radius 3 is 2.47 bits per heavy atom. The number of nitrogens with two attached hydrogens (primary N) is 1. The van der Waals surface area contributed by atoms with E-state index in [-0.39, 0.29) is 17.6 Å². The first-order chi connectivity index (χ1) is 8.15. The Morgan fingerprint density at radius 1 is 1.18 bits per heavy atom. The third-order valence-electron chi connectivity index (χ3n) is 2.52. The number of rotatable bonds is 3. The Balaban J connectivity index is 2.08. The summed E-state index contributed by atoms with van der Waals surface area (Å²) in [6.07, 6.45) is 1.75. The predicted octanol–water partition coefficient (Wildman–Crippen LogP) is 2.17. The average Bonchev–Trinajstić information content (AvgIpc) is 2.33. The van der Waals surface area contributed by atoms with Crippen LogP contribution in [0.3, 0.4) is 0 Å². The van der Waals surface area contributed by atoms with Crippen molar-refractivity contribution in [3.05, 3.63) is 59.7 Å². The van der Waals surface area contributed by atoms with Crippen LogP contribution >= 0.6 is 0 Å². The third kappa shape index (κ3) is 3.01. The van der Waals surface area contributed by atoms with Gasteiger partial charge >= 0.3 is 0 Å². The molecule has 0 saturated heterocycles. The van der Waals surface area contributed by atoms with E-state index in [0.29, 0.717) is 12.1 Å². The summed E-state index contributed by atoms with van der Waals surface area (Å²) in [5.74, 6) is -0.146. The van der Waals surface area contributed by atoms with Crippen molar-refractivity contribution in [1.29, 1.82) is 0 Å². The molecule has 1 heterocycles. The van der Waals surface area contributed by atoms with Gasteiger partial charge in [-0.25, -0.2) is 4.39 Å². The lowest BCUT2D eigenvalue weighted by molar-refractivity contribution is 0.475. The highest BCUT2D eigenvalue weighted by molar-refractivity contribution is 5.27. The molecule has 0 radical (unpaired) electrons. The summed E-state index contributed by atoms with van der Waals surface area (Å²) in [6, 6.07) is 9.48. The SMILES string of the molecule is NC(Cc1ccc(O)cc1)c1ccc(F)cn1. The lowest BCUT2D eigenvalue weighted by atomic mass is 10.0. The number of aromatic nitrogens is 1. The van der Waals surface area contributed by atoms with Crippen LogP contribution in [0.2, 0.25) is 0 Å². The number of benzene rings is 1. The van der Waals surface area contributed by atoms with Crippen molar-refractivity contribution in [3.8, 4) is 5.75 Å². The van der Waals surface area contributed by atoms with E-state index in [1.165, 1.54) is 6.07 Å². The summed E-state index contributed by atoms with van der Waals surface area (Å²) in [6.45, 7) is 0. The molecule has 3 N–H and O–H groups in total. The lowest BCUT2D eigenvalue weighted by Crippen LogP contribution is -2.14. The Labute approximate surface area is 98.7 Å². The number of halogens is 1. The molecule has 0 bridgehead atoms. The molecule has 2 aromatic rings. The smallest absolute Gasteiger partial charge is 0.141 e. The molecule has 0 aliphatic rings. The largest absolute Gasteiger partial charge is 0.508 e. The standard InChI is InChI=1S/C13H13FN2O/c14-10-3-6-13(16-8-10)12(15)7-9-1-4-11(17)5-2-9/h1-6,8,12,17H,7,15H2. The van der Waals surface area contributed by atoms with Gasteiger partial charge in [-0.15, -0.1) is 0 Å². The van der Waals surface area contributed by atoms with Crippen LogP contribution in [-0.2, 0) is 6.42 Å². The topological polar surface area (TPSA) is 59.1 Å². The van der Waals surface area contributed by atoms with Crippen LogP contribution in [-0.4, -0.2) is 10.1 Å². The molecule has 0 amide bonds. The quantitative estimate of drug-likeness (QED) is 0.852. The highest BCUT2D eigenvalue weighted by Crippen LogP contribution is 2.16. The molecule has 1 atom stereocenters. The summed E-state index contributed by atoms with van der Waals surface area (Å²) in [4.78, 5) is 3.94. The van der Waals surface area contributed by atoms with Crippen LogP contribution in [0.15, 0.2) is 42.6 Å². The molecular weight excluding hydrogens is 219 g/mol. The third-order valence-corrected chi connectivity index (χ3v) is 2.52. The molecule has 1 aromatic heterocycles. The predicted molar refractivity (Wildman–Crippen MR) is 62.9 cm³/mol. The van der Waals surface area contributed by atoms with Crippen LogP contribution in [0.5, 0.6) is 5.75 Å². The second kappa shape index (κ2) is 4.93. The van der Waals surface area contributed by atoms with Crippen LogP contribution in [0.25, 0.3) is 0 Å². The van der Waals surface area contributed by atoms with E-state index in [1.54, 1.807) is 30.3 Å². The molecule has 0 fully saturated rings. The monoisotopic (exact) mass is 232 g/mol. The average molecular weight is 232 g/mol. The van der Waals surface area contributed by atoms with Crippen molar-refractivity contribution in [3.63, 3.8) is 0 Å². The van der Waals surface area contributed by atoms with E-state index in [1.807, 2.05) is 0 Å². The fourth-order valence-corrected chi connectivity index (χ4v) is 1.60. The Bertz CT molecular complexity index is 482. The maximum atomic E-state index is 12.7. The van der Waals surface area contributed by atoms with Gasteiger partial charge in [0.25, 0.3) is 0 Å². The summed E-state index contributed by atoms with van der Waals surface area (Å²) in [7, 11) is 0. The number of nitrogens with zero attached hydrogens (tertiary/aromatic N) is 1. The molecule has 4 heteroatoms. The zero-order chi connectivity index (χ0) is 12.3. The summed E-state index contributed by atoms with van der Waals surface area (Å²) < 4.78 is 12.7. The van der Waals surface area contributed by atoms with Crippen LogP contribution in [0.4, 0.5) is 4.39 Å². The van der Waals surface area contributed by atoms with Crippen molar-refractivity contribution in [2.45, 2.75) is 12.5 Å². The van der Waals surface area contributed by atoms with Gasteiger partial charge in [-0.3, -0.25) is 4.98 Å². The molecule has 0 saturated carbocycles. The molecule has 2 rings (SSSR count). The van der Waals surface area contributed by atoms with Crippen molar-refractivity contribution < 1.29 is 9.50 Å². The van der Waals surface area contributed by atoms with Gasteiger partial charge in [-0.05, 0) is 36.2 Å². The van der Waals surface area contributed by atoms with E-state index >= 15 is 0 Å². The van der Waals surface area contributed by atoms with Crippen molar-refractivity contribution in [2.75, 3.05) is 0 Å². The van der Waals surface area contributed by atoms with E-state index in [0.717, 1.165) is 11.8 Å². The van der Waals surface area contributed by atoms with Gasteiger partial charge in [0.1, 0.15) is 11.6 Å². The summed E-state index contributed by atoms with van der Waals surface area (Å²) in [5, 5.41) is 9.15. The molecule has 1 unspecified atom stereocenters. The molecular formula is C13H13FN2O. The molecule has 17 heavy (non-hydrogen) atoms. The maximum Gasteiger partial charge on any atom is 0.141 e. The van der Waals surface area contributed by atoms with Crippen LogP contribution in [0.1, 0.15) is 17.3 Å². The van der Waals surface area contributed by atoms with Gasteiger partial charge in [0.05, 0.1) is 17.9 Å². The van der Waals surface area contributed by atoms with Gasteiger partial charge in [0, 0.05) is 0 Å². The summed E-state index contributed by atoms with van der Waals surface area (Å²) >= 11 is 0. The summed E-state index contributed by atoms with van der Waals surface area (Å²) in [5.41, 5.74) is 7.62. The first kappa shape index (κ1) is 11.5. The number of pyridine rings is 1. The number of phenols is 1. The van der Waals surface area contributed by atoms with E-state index < -0.39 is 0 Å². The zero-order valence-corrected chi connectivity index (χ0v) is 9.18. The number of aromatic hydroxyl groups is 1. The van der Waals surface area contributed by atoms with Crippen molar-refractivity contribution >= 4 is 0 Å². The second-order valence-corrected chi connectivity index (χ2v) is 3.88. The normalized spacial score (nSPS) is 12.4. The van der Waals surface area contributed by atoms with Gasteiger partial charge in [-0.2, -0.15) is 0 Å². The van der Waals surface area contributed by atoms with Gasteiger partial charge in [0.15, 0.2) is 0 Å². The fraction of sp³-hybridized carbons (Fsp3) is 0.154. The number of hydrogen-bond donors (Lipinski definition) is 2. The zero-order valence-electron chi connectivity index (χ0n) is 9.18. The van der Waals surface area contributed by atoms with Crippen molar-refractivity contribution in [1.82, 2.24) is 4.98 Å². The molecule has 3 nitrogen and oxygen atoms in total. The minimum Gasteiger partial charge on any atom is -0.508 e.